The Bertz CT molecular complexity index is 260. The number of nitrogens with two attached hydrogens (primary N) is 1. The van der Waals surface area contributed by atoms with Gasteiger partial charge in [0.1, 0.15) is 12.8 Å². The van der Waals surface area contributed by atoms with Gasteiger partial charge in [-0.3, -0.25) is 0 Å². The minimum Gasteiger partial charge on any atom is -0.389 e. The predicted octanol–water partition coefficient (Wildman–Crippen LogP) is 0.838. The van der Waals surface area contributed by atoms with Crippen LogP contribution in [0.15, 0.2) is 18.3 Å². The molecule has 1 aromatic heterocycles. The van der Waals surface area contributed by atoms with E-state index in [0.29, 0.717) is 0 Å². The van der Waals surface area contributed by atoms with E-state index in [2.05, 4.69) is 0 Å². The fraction of sp³-hybridized carbons (Fsp3) is 0.556. The number of aromatic nitrogens is 1. The largest absolute Gasteiger partial charge is 0.389 e. The third kappa shape index (κ3) is 2.54. The average molecular weight is 186 g/mol. The molecule has 0 radical (unpaired) electrons. The third-order valence-corrected chi connectivity index (χ3v) is 1.92. The van der Waals surface area contributed by atoms with Gasteiger partial charge in [-0.1, -0.05) is 0 Å². The van der Waals surface area contributed by atoms with Crippen LogP contribution in [-0.4, -0.2) is 22.5 Å². The van der Waals surface area contributed by atoms with Gasteiger partial charge in [-0.05, 0) is 19.1 Å². The van der Waals surface area contributed by atoms with E-state index in [4.69, 9.17) is 10.8 Å². The van der Waals surface area contributed by atoms with Crippen LogP contribution < -0.4 is 5.73 Å². The summed E-state index contributed by atoms with van der Waals surface area (Å²) in [5, 5.41) is 9.10. The van der Waals surface area contributed by atoms with Gasteiger partial charge in [0.15, 0.2) is 0 Å². The average Bonchev–Trinajstić information content (AvgIpc) is 2.52. The van der Waals surface area contributed by atoms with Crippen LogP contribution in [-0.2, 0) is 6.54 Å². The molecular weight excluding hydrogens is 171 g/mol. The van der Waals surface area contributed by atoms with E-state index in [1.807, 2.05) is 19.1 Å². The summed E-state index contributed by atoms with van der Waals surface area (Å²) in [5.74, 6) is 0. The second-order valence-electron chi connectivity index (χ2n) is 3.18. The zero-order valence-corrected chi connectivity index (χ0v) is 7.65. The maximum atomic E-state index is 12.0. The first-order valence-electron chi connectivity index (χ1n) is 4.29. The molecule has 74 valence electrons. The van der Waals surface area contributed by atoms with Crippen molar-refractivity contribution in [3.63, 3.8) is 0 Å². The van der Waals surface area contributed by atoms with E-state index in [9.17, 15) is 4.39 Å². The lowest BCUT2D eigenvalue weighted by Gasteiger charge is -2.13. The molecule has 1 aromatic rings. The summed E-state index contributed by atoms with van der Waals surface area (Å²) in [6, 6.07) is 3.61. The maximum absolute atomic E-state index is 12.0. The van der Waals surface area contributed by atoms with Crippen LogP contribution in [0.1, 0.15) is 18.7 Å². The molecule has 0 saturated carbocycles. The molecule has 0 bridgehead atoms. The minimum atomic E-state index is -0.940. The van der Waals surface area contributed by atoms with Crippen LogP contribution in [0.5, 0.6) is 0 Å². The molecule has 0 fully saturated rings. The number of alkyl halides is 1. The molecule has 1 heterocycles. The van der Waals surface area contributed by atoms with E-state index in [0.717, 1.165) is 5.69 Å². The summed E-state index contributed by atoms with van der Waals surface area (Å²) in [6.07, 6.45) is 0.849. The lowest BCUT2D eigenvalue weighted by Crippen LogP contribution is -2.21. The van der Waals surface area contributed by atoms with E-state index in [1.165, 1.54) is 0 Å². The Hall–Kier alpha value is -0.870. The molecule has 2 unspecified atom stereocenters. The molecule has 0 spiro atoms. The van der Waals surface area contributed by atoms with E-state index in [1.54, 1.807) is 10.8 Å². The highest BCUT2D eigenvalue weighted by Crippen LogP contribution is 2.11. The SMILES string of the molecule is CC(N)c1cccn1CC(O)CF. The van der Waals surface area contributed by atoms with Crippen molar-refractivity contribution >= 4 is 0 Å². The lowest BCUT2D eigenvalue weighted by atomic mass is 10.2. The molecule has 0 aliphatic rings. The summed E-state index contributed by atoms with van der Waals surface area (Å²) >= 11 is 0. The molecule has 13 heavy (non-hydrogen) atoms. The summed E-state index contributed by atoms with van der Waals surface area (Å²) in [7, 11) is 0. The fourth-order valence-electron chi connectivity index (χ4n) is 1.28. The van der Waals surface area contributed by atoms with Gasteiger partial charge in [-0.25, -0.2) is 4.39 Å². The topological polar surface area (TPSA) is 51.2 Å². The van der Waals surface area contributed by atoms with Crippen LogP contribution in [0, 0.1) is 0 Å². The van der Waals surface area contributed by atoms with Crippen molar-refractivity contribution < 1.29 is 9.50 Å². The fourth-order valence-corrected chi connectivity index (χ4v) is 1.28. The minimum absolute atomic E-state index is 0.0955. The van der Waals surface area contributed by atoms with E-state index in [-0.39, 0.29) is 12.6 Å². The van der Waals surface area contributed by atoms with Gasteiger partial charge in [-0.2, -0.15) is 0 Å². The standard InChI is InChI=1S/C9H15FN2O/c1-7(11)9-3-2-4-12(9)6-8(13)5-10/h2-4,7-8,13H,5-6,11H2,1H3. The number of hydrogen-bond donors (Lipinski definition) is 2. The van der Waals surface area contributed by atoms with Gasteiger partial charge in [0.2, 0.25) is 0 Å². The first kappa shape index (κ1) is 10.2. The number of hydrogen-bond acceptors (Lipinski definition) is 2. The quantitative estimate of drug-likeness (QED) is 0.732. The number of aliphatic hydroxyl groups is 1. The maximum Gasteiger partial charge on any atom is 0.117 e. The molecule has 0 amide bonds. The zero-order valence-electron chi connectivity index (χ0n) is 7.65. The predicted molar refractivity (Wildman–Crippen MR) is 49.0 cm³/mol. The highest BCUT2D eigenvalue weighted by molar-refractivity contribution is 5.10. The van der Waals surface area contributed by atoms with Crippen LogP contribution in [0.25, 0.3) is 0 Å². The van der Waals surface area contributed by atoms with Crippen molar-refractivity contribution in [2.75, 3.05) is 6.67 Å². The van der Waals surface area contributed by atoms with Gasteiger partial charge >= 0.3 is 0 Å². The molecular formula is C9H15FN2O. The van der Waals surface area contributed by atoms with Crippen molar-refractivity contribution in [2.45, 2.75) is 25.6 Å². The monoisotopic (exact) mass is 186 g/mol. The lowest BCUT2D eigenvalue weighted by molar-refractivity contribution is 0.121. The van der Waals surface area contributed by atoms with Crippen molar-refractivity contribution in [3.05, 3.63) is 24.0 Å². The summed E-state index contributed by atoms with van der Waals surface area (Å²) in [4.78, 5) is 0. The molecule has 2 atom stereocenters. The highest BCUT2D eigenvalue weighted by atomic mass is 19.1. The van der Waals surface area contributed by atoms with Gasteiger partial charge in [-0.15, -0.1) is 0 Å². The molecule has 0 saturated heterocycles. The van der Waals surface area contributed by atoms with Crippen molar-refractivity contribution in [3.8, 4) is 0 Å². The van der Waals surface area contributed by atoms with Crippen molar-refractivity contribution in [1.82, 2.24) is 4.57 Å². The van der Waals surface area contributed by atoms with E-state index < -0.39 is 12.8 Å². The van der Waals surface area contributed by atoms with Crippen LogP contribution in [0.3, 0.4) is 0 Å². The van der Waals surface area contributed by atoms with E-state index >= 15 is 0 Å². The van der Waals surface area contributed by atoms with Crippen LogP contribution >= 0.6 is 0 Å². The Balaban J connectivity index is 2.70. The molecule has 0 aromatic carbocycles. The smallest absolute Gasteiger partial charge is 0.117 e. The molecule has 4 heteroatoms. The Morgan fingerprint density at radius 2 is 2.38 bits per heavy atom. The second kappa shape index (κ2) is 4.39. The molecule has 3 N–H and O–H groups in total. The molecule has 0 aliphatic carbocycles. The molecule has 0 aliphatic heterocycles. The second-order valence-corrected chi connectivity index (χ2v) is 3.18. The highest BCUT2D eigenvalue weighted by Gasteiger charge is 2.09. The van der Waals surface area contributed by atoms with Crippen LogP contribution in [0.2, 0.25) is 0 Å². The Labute approximate surface area is 77.0 Å². The molecule has 3 nitrogen and oxygen atoms in total. The normalized spacial score (nSPS) is 15.7. The third-order valence-electron chi connectivity index (χ3n) is 1.92. The number of nitrogens with zero attached hydrogens (tertiary/aromatic N) is 1. The zero-order chi connectivity index (χ0) is 9.84. The molecule has 1 rings (SSSR count). The van der Waals surface area contributed by atoms with Gasteiger partial charge in [0.05, 0.1) is 6.54 Å². The van der Waals surface area contributed by atoms with Crippen LogP contribution in [0.4, 0.5) is 4.39 Å². The summed E-state index contributed by atoms with van der Waals surface area (Å²) in [6.45, 7) is 1.39. The van der Waals surface area contributed by atoms with Gasteiger partial charge < -0.3 is 15.4 Å². The summed E-state index contributed by atoms with van der Waals surface area (Å²) in [5.41, 5.74) is 6.59. The first-order valence-corrected chi connectivity index (χ1v) is 4.29. The van der Waals surface area contributed by atoms with Gasteiger partial charge in [0.25, 0.3) is 0 Å². The van der Waals surface area contributed by atoms with Crippen molar-refractivity contribution in [1.29, 1.82) is 0 Å². The Morgan fingerprint density at radius 3 is 2.92 bits per heavy atom. The first-order chi connectivity index (χ1) is 6.15. The number of aliphatic hydroxyl groups excluding tert-OH is 1. The Kier molecular flexibility index (Phi) is 3.45. The van der Waals surface area contributed by atoms with Gasteiger partial charge in [0, 0.05) is 17.9 Å². The number of rotatable bonds is 4. The Morgan fingerprint density at radius 1 is 1.69 bits per heavy atom. The van der Waals surface area contributed by atoms with Crippen molar-refractivity contribution in [2.24, 2.45) is 5.73 Å². The summed E-state index contributed by atoms with van der Waals surface area (Å²) < 4.78 is 13.8. The number of halogens is 1.